The van der Waals surface area contributed by atoms with Crippen LogP contribution in [0.4, 0.5) is 5.82 Å². The first-order valence-electron chi connectivity index (χ1n) is 7.03. The van der Waals surface area contributed by atoms with Crippen LogP contribution in [0.3, 0.4) is 0 Å². The van der Waals surface area contributed by atoms with E-state index in [0.29, 0.717) is 22.3 Å². The second kappa shape index (κ2) is 5.85. The quantitative estimate of drug-likeness (QED) is 0.904. The Morgan fingerprint density at radius 1 is 1.29 bits per heavy atom. The highest BCUT2D eigenvalue weighted by Gasteiger charge is 2.20. The molecule has 0 amide bonds. The summed E-state index contributed by atoms with van der Waals surface area (Å²) in [5.41, 5.74) is 7.32. The highest BCUT2D eigenvalue weighted by Crippen LogP contribution is 2.40. The monoisotopic (exact) mass is 307 g/mol. The molecule has 0 saturated heterocycles. The molecule has 0 radical (unpaired) electrons. The van der Waals surface area contributed by atoms with Crippen molar-refractivity contribution >= 4 is 17.4 Å². The molecule has 0 atom stereocenters. The number of H-pyrrole nitrogens is 1. The van der Waals surface area contributed by atoms with Gasteiger partial charge in [0.2, 0.25) is 0 Å². The lowest BCUT2D eigenvalue weighted by atomic mass is 10.1. The third kappa shape index (κ3) is 2.93. The molecule has 0 unspecified atom stereocenters. The Labute approximate surface area is 128 Å². The molecule has 1 aliphatic carbocycles. The van der Waals surface area contributed by atoms with E-state index in [-0.39, 0.29) is 6.10 Å². The predicted octanol–water partition coefficient (Wildman–Crippen LogP) is 3.64. The maximum Gasteiger partial charge on any atom is 0.179 e. The number of benzene rings is 1. The lowest BCUT2D eigenvalue weighted by Crippen LogP contribution is -2.11. The first kappa shape index (κ1) is 14.1. The van der Waals surface area contributed by atoms with E-state index in [2.05, 4.69) is 10.2 Å². The summed E-state index contributed by atoms with van der Waals surface area (Å²) in [5.74, 6) is 1.68. The summed E-state index contributed by atoms with van der Waals surface area (Å²) < 4.78 is 11.4. The van der Waals surface area contributed by atoms with Crippen LogP contribution in [0.1, 0.15) is 25.7 Å². The summed E-state index contributed by atoms with van der Waals surface area (Å²) in [5, 5.41) is 7.32. The summed E-state index contributed by atoms with van der Waals surface area (Å²) in [6, 6.07) is 5.49. The van der Waals surface area contributed by atoms with Crippen LogP contribution in [0.5, 0.6) is 11.5 Å². The Kier molecular flexibility index (Phi) is 3.92. The number of nitrogens with one attached hydrogen (secondary N) is 1. The molecule has 1 heterocycles. The second-order valence-corrected chi connectivity index (χ2v) is 5.63. The SMILES string of the molecule is COc1c(Cl)cc(-c2cc(N)n[nH]2)cc1OC1CCCC1. The minimum Gasteiger partial charge on any atom is -0.491 e. The molecule has 2 aromatic rings. The summed E-state index contributed by atoms with van der Waals surface area (Å²) in [7, 11) is 1.59. The summed E-state index contributed by atoms with van der Waals surface area (Å²) in [6.45, 7) is 0. The topological polar surface area (TPSA) is 73.2 Å². The predicted molar refractivity (Wildman–Crippen MR) is 82.9 cm³/mol. The number of nitrogens with two attached hydrogens (primary N) is 1. The fraction of sp³-hybridized carbons (Fsp3) is 0.400. The molecule has 0 spiro atoms. The zero-order valence-corrected chi connectivity index (χ0v) is 12.6. The molecule has 112 valence electrons. The number of hydrogen-bond acceptors (Lipinski definition) is 4. The first-order valence-corrected chi connectivity index (χ1v) is 7.40. The summed E-state index contributed by atoms with van der Waals surface area (Å²) in [6.07, 6.45) is 4.79. The standard InChI is InChI=1S/C15H18ClN3O2/c1-20-15-11(16)6-9(12-8-14(17)19-18-12)7-13(15)21-10-4-2-3-5-10/h6-8,10H,2-5H2,1H3,(H3,17,18,19). The van der Waals surface area contributed by atoms with Gasteiger partial charge in [-0.3, -0.25) is 5.10 Å². The molecule has 3 rings (SSSR count). The number of nitrogen functional groups attached to an aromatic ring is 1. The fourth-order valence-electron chi connectivity index (χ4n) is 2.68. The van der Waals surface area contributed by atoms with E-state index in [1.54, 1.807) is 13.2 Å². The molecule has 0 bridgehead atoms. The Balaban J connectivity index is 1.97. The maximum absolute atomic E-state index is 6.31. The number of methoxy groups -OCH3 is 1. The van der Waals surface area contributed by atoms with Crippen LogP contribution in [-0.4, -0.2) is 23.4 Å². The molecule has 3 N–H and O–H groups in total. The van der Waals surface area contributed by atoms with Gasteiger partial charge in [-0.2, -0.15) is 5.10 Å². The van der Waals surface area contributed by atoms with E-state index < -0.39 is 0 Å². The van der Waals surface area contributed by atoms with E-state index in [4.69, 9.17) is 26.8 Å². The largest absolute Gasteiger partial charge is 0.491 e. The van der Waals surface area contributed by atoms with Gasteiger partial charge in [0, 0.05) is 11.6 Å². The molecule has 21 heavy (non-hydrogen) atoms. The molecule has 6 heteroatoms. The zero-order valence-electron chi connectivity index (χ0n) is 11.9. The normalized spacial score (nSPS) is 15.3. The van der Waals surface area contributed by atoms with Crippen LogP contribution in [0.2, 0.25) is 5.02 Å². The van der Waals surface area contributed by atoms with Crippen molar-refractivity contribution in [3.8, 4) is 22.8 Å². The number of hydrogen-bond donors (Lipinski definition) is 2. The number of rotatable bonds is 4. The lowest BCUT2D eigenvalue weighted by Gasteiger charge is -2.17. The first-order chi connectivity index (χ1) is 10.2. The molecule has 1 fully saturated rings. The van der Waals surface area contributed by atoms with Crippen molar-refractivity contribution in [2.24, 2.45) is 0 Å². The molecule has 0 aliphatic heterocycles. The van der Waals surface area contributed by atoms with Gasteiger partial charge in [-0.25, -0.2) is 0 Å². The number of anilines is 1. The summed E-state index contributed by atoms with van der Waals surface area (Å²) in [4.78, 5) is 0. The van der Waals surface area contributed by atoms with Crippen LogP contribution in [0, 0.1) is 0 Å². The fourth-order valence-corrected chi connectivity index (χ4v) is 2.97. The summed E-state index contributed by atoms with van der Waals surface area (Å²) >= 11 is 6.31. The van der Waals surface area contributed by atoms with Crippen LogP contribution >= 0.6 is 11.6 Å². The second-order valence-electron chi connectivity index (χ2n) is 5.22. The number of aromatic nitrogens is 2. The van der Waals surface area contributed by atoms with Crippen molar-refractivity contribution in [1.82, 2.24) is 10.2 Å². The molecule has 5 nitrogen and oxygen atoms in total. The average Bonchev–Trinajstić information content (AvgIpc) is 3.10. The number of nitrogens with zero attached hydrogens (tertiary/aromatic N) is 1. The lowest BCUT2D eigenvalue weighted by molar-refractivity contribution is 0.201. The molecule has 1 saturated carbocycles. The van der Waals surface area contributed by atoms with Crippen molar-refractivity contribution < 1.29 is 9.47 Å². The van der Waals surface area contributed by atoms with Gasteiger partial charge in [0.1, 0.15) is 5.82 Å². The Morgan fingerprint density at radius 3 is 2.67 bits per heavy atom. The third-order valence-electron chi connectivity index (χ3n) is 3.72. The van der Waals surface area contributed by atoms with Gasteiger partial charge in [-0.05, 0) is 37.8 Å². The van der Waals surface area contributed by atoms with E-state index in [1.165, 1.54) is 12.8 Å². The number of ether oxygens (including phenoxy) is 2. The average molecular weight is 308 g/mol. The van der Waals surface area contributed by atoms with Gasteiger partial charge < -0.3 is 15.2 Å². The minimum atomic E-state index is 0.233. The van der Waals surface area contributed by atoms with E-state index in [0.717, 1.165) is 24.1 Å². The smallest absolute Gasteiger partial charge is 0.179 e. The van der Waals surface area contributed by atoms with Gasteiger partial charge in [0.15, 0.2) is 11.5 Å². The highest BCUT2D eigenvalue weighted by molar-refractivity contribution is 6.32. The van der Waals surface area contributed by atoms with Crippen LogP contribution in [-0.2, 0) is 0 Å². The Morgan fingerprint density at radius 2 is 2.05 bits per heavy atom. The van der Waals surface area contributed by atoms with Crippen molar-refractivity contribution in [2.45, 2.75) is 31.8 Å². The van der Waals surface area contributed by atoms with Gasteiger partial charge in [-0.1, -0.05) is 11.6 Å². The van der Waals surface area contributed by atoms with E-state index in [9.17, 15) is 0 Å². The molecular weight excluding hydrogens is 290 g/mol. The van der Waals surface area contributed by atoms with Crippen molar-refractivity contribution in [2.75, 3.05) is 12.8 Å². The number of aromatic amines is 1. The van der Waals surface area contributed by atoms with E-state index >= 15 is 0 Å². The van der Waals surface area contributed by atoms with E-state index in [1.807, 2.05) is 12.1 Å². The third-order valence-corrected chi connectivity index (χ3v) is 4.00. The molecule has 1 aliphatic rings. The van der Waals surface area contributed by atoms with Crippen molar-refractivity contribution in [3.05, 3.63) is 23.2 Å². The minimum absolute atomic E-state index is 0.233. The van der Waals surface area contributed by atoms with Gasteiger partial charge in [0.25, 0.3) is 0 Å². The molecular formula is C15H18ClN3O2. The highest BCUT2D eigenvalue weighted by atomic mass is 35.5. The van der Waals surface area contributed by atoms with Crippen LogP contribution < -0.4 is 15.2 Å². The zero-order chi connectivity index (χ0) is 14.8. The van der Waals surface area contributed by atoms with Crippen molar-refractivity contribution in [1.29, 1.82) is 0 Å². The van der Waals surface area contributed by atoms with Crippen LogP contribution in [0.25, 0.3) is 11.3 Å². The van der Waals surface area contributed by atoms with Crippen LogP contribution in [0.15, 0.2) is 18.2 Å². The van der Waals surface area contributed by atoms with Gasteiger partial charge in [-0.15, -0.1) is 0 Å². The van der Waals surface area contributed by atoms with Gasteiger partial charge in [0.05, 0.1) is 23.9 Å². The maximum atomic E-state index is 6.31. The Hall–Kier alpha value is -1.88. The molecule has 1 aromatic carbocycles. The molecule has 1 aromatic heterocycles. The Bertz CT molecular complexity index is 636. The van der Waals surface area contributed by atoms with Crippen molar-refractivity contribution in [3.63, 3.8) is 0 Å². The van der Waals surface area contributed by atoms with Gasteiger partial charge >= 0.3 is 0 Å². The number of halogens is 1.